The van der Waals surface area contributed by atoms with Gasteiger partial charge < -0.3 is 14.5 Å². The summed E-state index contributed by atoms with van der Waals surface area (Å²) in [6.45, 7) is 4.16. The fraction of sp³-hybridized carbons (Fsp3) is 0.364. The third kappa shape index (κ3) is 3.19. The number of amides is 1. The first-order chi connectivity index (χ1) is 14.5. The van der Waals surface area contributed by atoms with Gasteiger partial charge in [-0.2, -0.15) is 5.10 Å². The number of piperidine rings is 1. The minimum Gasteiger partial charge on any atom is -0.483 e. The van der Waals surface area contributed by atoms with Crippen molar-refractivity contribution in [2.24, 2.45) is 5.10 Å². The van der Waals surface area contributed by atoms with E-state index in [1.165, 1.54) is 19.3 Å². The van der Waals surface area contributed by atoms with Crippen LogP contribution in [0.15, 0.2) is 35.4 Å². The molecule has 0 aliphatic carbocycles. The second-order valence-electron chi connectivity index (χ2n) is 7.82. The Bertz CT molecular complexity index is 1050. The molecule has 3 heterocycles. The van der Waals surface area contributed by atoms with Gasteiger partial charge in [0.1, 0.15) is 18.4 Å². The highest BCUT2D eigenvalue weighted by Gasteiger charge is 2.35. The quantitative estimate of drug-likeness (QED) is 0.730. The van der Waals surface area contributed by atoms with Crippen LogP contribution in [0.25, 0.3) is 11.1 Å². The smallest absolute Gasteiger partial charge is 0.262 e. The lowest BCUT2D eigenvalue weighted by molar-refractivity contribution is -0.122. The van der Waals surface area contributed by atoms with E-state index in [0.717, 1.165) is 35.6 Å². The molecule has 3 aliphatic heterocycles. The molecule has 0 unspecified atom stereocenters. The van der Waals surface area contributed by atoms with Gasteiger partial charge >= 0.3 is 0 Å². The van der Waals surface area contributed by atoms with Crippen LogP contribution in [0, 0.1) is 0 Å². The van der Waals surface area contributed by atoms with Gasteiger partial charge in [-0.05, 0) is 56.0 Å². The van der Waals surface area contributed by atoms with Gasteiger partial charge in [0, 0.05) is 24.3 Å². The molecule has 2 aromatic rings. The van der Waals surface area contributed by atoms with E-state index in [-0.39, 0.29) is 11.9 Å². The molecule has 0 spiro atoms. The van der Waals surface area contributed by atoms with Gasteiger partial charge in [0.05, 0.1) is 15.7 Å². The average Bonchev–Trinajstić information content (AvgIpc) is 2.78. The Morgan fingerprint density at radius 1 is 1.10 bits per heavy atom. The number of hydrogen-bond acceptors (Lipinski definition) is 5. The third-order valence-corrected chi connectivity index (χ3v) is 6.78. The number of fused-ring (bicyclic) bond motifs is 3. The lowest BCUT2D eigenvalue weighted by atomic mass is 9.99. The molecule has 1 N–H and O–H groups in total. The minimum absolute atomic E-state index is 0.138. The molecule has 0 saturated carbocycles. The number of nitrogens with zero attached hydrogens (tertiary/aromatic N) is 3. The van der Waals surface area contributed by atoms with E-state index in [2.05, 4.69) is 21.5 Å². The Morgan fingerprint density at radius 2 is 1.87 bits per heavy atom. The van der Waals surface area contributed by atoms with E-state index in [4.69, 9.17) is 27.9 Å². The minimum atomic E-state index is -0.357. The number of halogens is 2. The monoisotopic (exact) mass is 444 g/mol. The molecule has 2 aromatic carbocycles. The summed E-state index contributed by atoms with van der Waals surface area (Å²) in [6.07, 6.45) is 3.60. The van der Waals surface area contributed by atoms with E-state index in [1.54, 1.807) is 0 Å². The maximum Gasteiger partial charge on any atom is 0.262 e. The molecule has 0 radical (unpaired) electrons. The Balaban J connectivity index is 1.60. The number of rotatable bonds is 2. The SMILES string of the molecule is C[C@@H]1C(=O)NN=C2COc3cc(-c4c(N5CCCCC5)ccc(Cl)c4Cl)ccc3N21. The highest BCUT2D eigenvalue weighted by atomic mass is 35.5. The van der Waals surface area contributed by atoms with Crippen LogP contribution in [0.4, 0.5) is 11.4 Å². The van der Waals surface area contributed by atoms with Crippen molar-refractivity contribution in [2.75, 3.05) is 29.5 Å². The Kier molecular flexibility index (Phi) is 4.99. The number of hydrogen-bond donors (Lipinski definition) is 1. The molecule has 0 aromatic heterocycles. The number of carbonyl (C=O) groups is 1. The Labute approximate surface area is 185 Å². The zero-order valence-corrected chi connectivity index (χ0v) is 18.1. The summed E-state index contributed by atoms with van der Waals surface area (Å²) >= 11 is 13.1. The third-order valence-electron chi connectivity index (χ3n) is 5.97. The highest BCUT2D eigenvalue weighted by Crippen LogP contribution is 2.45. The van der Waals surface area contributed by atoms with Gasteiger partial charge in [-0.25, -0.2) is 5.43 Å². The maximum absolute atomic E-state index is 12.1. The molecule has 8 heteroatoms. The summed E-state index contributed by atoms with van der Waals surface area (Å²) in [5.74, 6) is 1.26. The van der Waals surface area contributed by atoms with Gasteiger partial charge in [0.2, 0.25) is 0 Å². The van der Waals surface area contributed by atoms with E-state index >= 15 is 0 Å². The highest BCUT2D eigenvalue weighted by molar-refractivity contribution is 6.44. The Hall–Kier alpha value is -2.44. The van der Waals surface area contributed by atoms with Crippen LogP contribution in [0.3, 0.4) is 0 Å². The second-order valence-corrected chi connectivity index (χ2v) is 8.61. The number of carbonyl (C=O) groups excluding carboxylic acids is 1. The summed E-state index contributed by atoms with van der Waals surface area (Å²) in [5, 5.41) is 5.21. The summed E-state index contributed by atoms with van der Waals surface area (Å²) in [4.78, 5) is 16.4. The summed E-state index contributed by atoms with van der Waals surface area (Å²) in [6, 6.07) is 9.52. The molecular formula is C22H22Cl2N4O2. The van der Waals surface area contributed by atoms with Gasteiger partial charge in [0.25, 0.3) is 5.91 Å². The molecule has 5 rings (SSSR count). The number of hydrazone groups is 1. The van der Waals surface area contributed by atoms with E-state index < -0.39 is 0 Å². The summed E-state index contributed by atoms with van der Waals surface area (Å²) in [5.41, 5.74) is 6.32. The second kappa shape index (κ2) is 7.67. The van der Waals surface area contributed by atoms with Crippen molar-refractivity contribution < 1.29 is 9.53 Å². The number of ether oxygens (including phenoxy) is 1. The van der Waals surface area contributed by atoms with Crippen molar-refractivity contribution in [3.05, 3.63) is 40.4 Å². The largest absolute Gasteiger partial charge is 0.483 e. The fourth-order valence-electron chi connectivity index (χ4n) is 4.40. The number of amidine groups is 1. The van der Waals surface area contributed by atoms with Gasteiger partial charge in [-0.3, -0.25) is 4.79 Å². The lowest BCUT2D eigenvalue weighted by Gasteiger charge is -2.38. The van der Waals surface area contributed by atoms with Gasteiger partial charge in [0.15, 0.2) is 5.84 Å². The van der Waals surface area contributed by atoms with E-state index in [1.807, 2.05) is 36.1 Å². The first-order valence-corrected chi connectivity index (χ1v) is 11.0. The van der Waals surface area contributed by atoms with Crippen LogP contribution in [0.2, 0.25) is 10.0 Å². The normalized spacial score (nSPS) is 20.7. The number of nitrogens with one attached hydrogen (secondary N) is 1. The van der Waals surface area contributed by atoms with E-state index in [0.29, 0.717) is 28.2 Å². The van der Waals surface area contributed by atoms with Gasteiger partial charge in [-0.1, -0.05) is 29.3 Å². The molecule has 6 nitrogen and oxygen atoms in total. The van der Waals surface area contributed by atoms with Crippen LogP contribution in [-0.4, -0.2) is 37.5 Å². The first kappa shape index (κ1) is 19.5. The van der Waals surface area contributed by atoms with Crippen molar-refractivity contribution in [1.29, 1.82) is 0 Å². The predicted molar refractivity (Wildman–Crippen MR) is 121 cm³/mol. The van der Waals surface area contributed by atoms with E-state index in [9.17, 15) is 4.79 Å². The van der Waals surface area contributed by atoms with Crippen molar-refractivity contribution >= 4 is 46.3 Å². The zero-order valence-electron chi connectivity index (χ0n) is 16.6. The molecule has 1 atom stereocenters. The molecule has 1 amide bonds. The van der Waals surface area contributed by atoms with Crippen molar-refractivity contribution in [1.82, 2.24) is 5.43 Å². The first-order valence-electron chi connectivity index (χ1n) is 10.2. The molecule has 1 saturated heterocycles. The molecule has 156 valence electrons. The van der Waals surface area contributed by atoms with Crippen LogP contribution >= 0.6 is 23.2 Å². The predicted octanol–water partition coefficient (Wildman–Crippen LogP) is 4.68. The molecule has 30 heavy (non-hydrogen) atoms. The topological polar surface area (TPSA) is 57.2 Å². The summed E-state index contributed by atoms with van der Waals surface area (Å²) < 4.78 is 5.98. The number of benzene rings is 2. The maximum atomic E-state index is 12.1. The number of anilines is 2. The molecule has 1 fully saturated rings. The van der Waals surface area contributed by atoms with Crippen molar-refractivity contribution in [3.63, 3.8) is 0 Å². The Morgan fingerprint density at radius 3 is 2.67 bits per heavy atom. The molecular weight excluding hydrogens is 423 g/mol. The van der Waals surface area contributed by atoms with Crippen LogP contribution in [0.1, 0.15) is 26.2 Å². The fourth-order valence-corrected chi connectivity index (χ4v) is 4.82. The molecule has 0 bridgehead atoms. The van der Waals surface area contributed by atoms with Gasteiger partial charge in [-0.15, -0.1) is 0 Å². The summed E-state index contributed by atoms with van der Waals surface area (Å²) in [7, 11) is 0. The van der Waals surface area contributed by atoms with Crippen LogP contribution < -0.4 is 20.0 Å². The lowest BCUT2D eigenvalue weighted by Crippen LogP contribution is -2.55. The van der Waals surface area contributed by atoms with Crippen molar-refractivity contribution in [2.45, 2.75) is 32.2 Å². The van der Waals surface area contributed by atoms with Crippen LogP contribution in [-0.2, 0) is 4.79 Å². The molecule has 3 aliphatic rings. The zero-order chi connectivity index (χ0) is 20.8. The standard InChI is InChI=1S/C22H22Cl2N4O2/c1-13-22(29)26-25-19-12-30-18-11-14(5-7-16(18)28(13)19)20-17(8-6-15(23)21(20)24)27-9-3-2-4-10-27/h5-8,11,13H,2-4,9-10,12H2,1H3,(H,26,29)/t13-/m1/s1. The van der Waals surface area contributed by atoms with Crippen molar-refractivity contribution in [3.8, 4) is 16.9 Å². The van der Waals surface area contributed by atoms with Crippen LogP contribution in [0.5, 0.6) is 5.75 Å². The average molecular weight is 445 g/mol.